The van der Waals surface area contributed by atoms with Gasteiger partial charge >= 0.3 is 0 Å². The molecule has 1 aliphatic heterocycles. The van der Waals surface area contributed by atoms with Gasteiger partial charge in [-0.15, -0.1) is 5.10 Å². The van der Waals surface area contributed by atoms with Gasteiger partial charge in [0, 0.05) is 23.4 Å². The highest BCUT2D eigenvalue weighted by atomic mass is 35.5. The molecule has 1 saturated carbocycles. The van der Waals surface area contributed by atoms with Crippen molar-refractivity contribution >= 4 is 34.8 Å². The molecule has 0 bridgehead atoms. The van der Waals surface area contributed by atoms with E-state index in [1.807, 2.05) is 6.07 Å². The number of hydrogen-bond acceptors (Lipinski definition) is 9. The summed E-state index contributed by atoms with van der Waals surface area (Å²) in [6, 6.07) is 6.56. The maximum absolute atomic E-state index is 14.2. The van der Waals surface area contributed by atoms with Crippen molar-refractivity contribution in [3.8, 4) is 17.3 Å². The highest BCUT2D eigenvalue weighted by Gasteiger charge is 2.52. The Morgan fingerprint density at radius 1 is 1.24 bits per heavy atom. The van der Waals surface area contributed by atoms with Crippen LogP contribution in [0.25, 0.3) is 11.3 Å². The number of aromatic nitrogens is 3. The van der Waals surface area contributed by atoms with E-state index in [9.17, 15) is 34.2 Å². The number of halogens is 4. The molecule has 1 amide bonds. The molecule has 222 valence electrons. The van der Waals surface area contributed by atoms with Crippen molar-refractivity contribution in [2.75, 3.05) is 18.6 Å². The van der Waals surface area contributed by atoms with Crippen LogP contribution in [0.4, 0.5) is 14.5 Å². The Bertz CT molecular complexity index is 1510. The molecule has 2 fully saturated rings. The van der Waals surface area contributed by atoms with Crippen molar-refractivity contribution in [2.45, 2.75) is 55.4 Å². The number of methoxy groups -OCH3 is 1. The number of amides is 1. The van der Waals surface area contributed by atoms with E-state index < -0.39 is 71.8 Å². The number of carbonyl (C=O) groups is 1. The fourth-order valence-electron chi connectivity index (χ4n) is 5.28. The fourth-order valence-corrected chi connectivity index (χ4v) is 5.72. The molecule has 3 N–H and O–H groups in total. The average molecular weight is 624 g/mol. The van der Waals surface area contributed by atoms with E-state index in [1.54, 1.807) is 0 Å². The van der Waals surface area contributed by atoms with Crippen LogP contribution in [-0.4, -0.2) is 86.5 Å². The standard InChI is InChI=1S/C27H25Cl2F2N5O6/c1-41-25-23(35-10-18(33-34-35)13-6-16(29)22(31)17(30)7-13)24(39)21(11-37)42-26(25)27(40)36(19-2-3-20(19)38)15-5-12(9-32)4-14(28)8-15/h4-8,10,19-21,23-26,37-39H,2-3,11H2,1H3/t19-,20-,21-,23+,24+,25-,26-/m1/s1. The quantitative estimate of drug-likeness (QED) is 0.337. The number of anilines is 1. The molecular formula is C27H25Cl2F2N5O6. The number of hydrogen-bond donors (Lipinski definition) is 3. The molecule has 1 aliphatic carbocycles. The molecule has 5 rings (SSSR count). The van der Waals surface area contributed by atoms with Gasteiger partial charge in [0.2, 0.25) is 0 Å². The van der Waals surface area contributed by atoms with E-state index in [2.05, 4.69) is 10.3 Å². The Balaban J connectivity index is 1.54. The molecule has 7 atom stereocenters. The Morgan fingerprint density at radius 2 is 2.00 bits per heavy atom. The summed E-state index contributed by atoms with van der Waals surface area (Å²) in [6.07, 6.45) is -4.03. The molecule has 2 aliphatic rings. The number of rotatable bonds is 7. The number of ether oxygens (including phenoxy) is 2. The largest absolute Gasteiger partial charge is 0.394 e. The lowest BCUT2D eigenvalue weighted by molar-refractivity contribution is -0.211. The molecule has 0 unspecified atom stereocenters. The van der Waals surface area contributed by atoms with Crippen LogP contribution in [0.15, 0.2) is 36.5 Å². The smallest absolute Gasteiger partial charge is 0.259 e. The summed E-state index contributed by atoms with van der Waals surface area (Å²) in [7, 11) is 1.29. The third-order valence-corrected chi connectivity index (χ3v) is 8.03. The minimum absolute atomic E-state index is 0.0787. The predicted molar refractivity (Wildman–Crippen MR) is 145 cm³/mol. The van der Waals surface area contributed by atoms with Gasteiger partial charge in [0.25, 0.3) is 5.91 Å². The predicted octanol–water partition coefficient (Wildman–Crippen LogP) is 2.63. The number of aliphatic hydroxyl groups excluding tert-OH is 3. The number of carbonyl (C=O) groups excluding carboxylic acids is 1. The van der Waals surface area contributed by atoms with Crippen LogP contribution < -0.4 is 4.90 Å². The first-order chi connectivity index (χ1) is 20.1. The van der Waals surface area contributed by atoms with Crippen LogP contribution in [0.2, 0.25) is 10.0 Å². The molecule has 3 aromatic rings. The molecule has 42 heavy (non-hydrogen) atoms. The minimum Gasteiger partial charge on any atom is -0.394 e. The third kappa shape index (κ3) is 5.47. The van der Waals surface area contributed by atoms with Crippen molar-refractivity contribution < 1.29 is 38.4 Å². The van der Waals surface area contributed by atoms with E-state index in [0.29, 0.717) is 12.8 Å². The second-order valence-corrected chi connectivity index (χ2v) is 10.9. The summed E-state index contributed by atoms with van der Waals surface area (Å²) in [6.45, 7) is -0.681. The van der Waals surface area contributed by atoms with Gasteiger partial charge in [-0.1, -0.05) is 28.4 Å². The summed E-state index contributed by atoms with van der Waals surface area (Å²) >= 11 is 12.0. The van der Waals surface area contributed by atoms with Crippen LogP contribution in [-0.2, 0) is 14.3 Å². The van der Waals surface area contributed by atoms with Crippen molar-refractivity contribution in [1.82, 2.24) is 15.0 Å². The number of nitrogens with zero attached hydrogens (tertiary/aromatic N) is 5. The topological polar surface area (TPSA) is 154 Å². The minimum atomic E-state index is -1.45. The van der Waals surface area contributed by atoms with Gasteiger partial charge in [-0.25, -0.2) is 13.5 Å². The first kappa shape index (κ1) is 30.2. The summed E-state index contributed by atoms with van der Waals surface area (Å²) in [4.78, 5) is 15.5. The first-order valence-corrected chi connectivity index (χ1v) is 13.6. The van der Waals surface area contributed by atoms with Crippen LogP contribution in [0.3, 0.4) is 0 Å². The van der Waals surface area contributed by atoms with Crippen LogP contribution >= 0.6 is 23.2 Å². The van der Waals surface area contributed by atoms with Gasteiger partial charge in [-0.2, -0.15) is 5.26 Å². The van der Waals surface area contributed by atoms with Crippen molar-refractivity contribution in [3.63, 3.8) is 0 Å². The zero-order chi connectivity index (χ0) is 30.3. The summed E-state index contributed by atoms with van der Waals surface area (Å²) in [5.74, 6) is -3.10. The Morgan fingerprint density at radius 3 is 2.60 bits per heavy atom. The van der Waals surface area contributed by atoms with Gasteiger partial charge < -0.3 is 29.7 Å². The average Bonchev–Trinajstić information content (AvgIpc) is 3.46. The molecular weight excluding hydrogens is 599 g/mol. The molecule has 1 saturated heterocycles. The lowest BCUT2D eigenvalue weighted by Gasteiger charge is -2.47. The Kier molecular flexibility index (Phi) is 8.77. The normalized spacial score (nSPS) is 27.3. The van der Waals surface area contributed by atoms with Gasteiger partial charge in [0.05, 0.1) is 41.6 Å². The van der Waals surface area contributed by atoms with Crippen LogP contribution in [0.1, 0.15) is 24.4 Å². The van der Waals surface area contributed by atoms with E-state index in [-0.39, 0.29) is 27.5 Å². The molecule has 11 nitrogen and oxygen atoms in total. The Labute approximate surface area is 248 Å². The van der Waals surface area contributed by atoms with E-state index in [1.165, 1.54) is 41.1 Å². The Hall–Kier alpha value is -3.22. The third-order valence-electron chi connectivity index (χ3n) is 7.54. The summed E-state index contributed by atoms with van der Waals surface area (Å²) in [5, 5.41) is 48.9. The van der Waals surface area contributed by atoms with Gasteiger partial charge in [-0.3, -0.25) is 4.79 Å². The SMILES string of the molecule is CO[C@@H]1[C@@H](n2cc(-c3cc(F)c(F)c(Cl)c3)nn2)[C@@H](O)[C@@H](CO)O[C@H]1C(=O)N(c1cc(Cl)cc(C#N)c1)[C@@H]1CC[C@H]1O. The number of nitriles is 1. The zero-order valence-electron chi connectivity index (χ0n) is 21.9. The van der Waals surface area contributed by atoms with E-state index in [4.69, 9.17) is 32.7 Å². The highest BCUT2D eigenvalue weighted by Crippen LogP contribution is 2.38. The molecule has 1 aromatic heterocycles. The molecule has 15 heteroatoms. The van der Waals surface area contributed by atoms with Gasteiger partial charge in [-0.05, 0) is 43.2 Å². The second kappa shape index (κ2) is 12.2. The second-order valence-electron chi connectivity index (χ2n) is 10.0. The lowest BCUT2D eigenvalue weighted by atomic mass is 9.85. The molecule has 0 spiro atoms. The maximum Gasteiger partial charge on any atom is 0.259 e. The highest BCUT2D eigenvalue weighted by molar-refractivity contribution is 6.31. The monoisotopic (exact) mass is 623 g/mol. The van der Waals surface area contributed by atoms with Gasteiger partial charge in [0.1, 0.15) is 30.0 Å². The first-order valence-electron chi connectivity index (χ1n) is 12.8. The zero-order valence-corrected chi connectivity index (χ0v) is 23.5. The van der Waals surface area contributed by atoms with Crippen molar-refractivity contribution in [1.29, 1.82) is 5.26 Å². The van der Waals surface area contributed by atoms with E-state index >= 15 is 0 Å². The number of aliphatic hydroxyl groups is 3. The molecule has 2 aromatic carbocycles. The van der Waals surface area contributed by atoms with Crippen LogP contribution in [0, 0.1) is 23.0 Å². The summed E-state index contributed by atoms with van der Waals surface area (Å²) in [5.41, 5.74) is 0.611. The van der Waals surface area contributed by atoms with Crippen molar-refractivity contribution in [3.05, 3.63) is 63.8 Å². The maximum atomic E-state index is 14.2. The number of benzene rings is 2. The lowest BCUT2D eigenvalue weighted by Crippen LogP contribution is -2.64. The summed E-state index contributed by atoms with van der Waals surface area (Å²) < 4.78 is 40.5. The molecule has 2 heterocycles. The molecule has 0 radical (unpaired) electrons. The fraction of sp³-hybridized carbons (Fsp3) is 0.407. The van der Waals surface area contributed by atoms with Crippen molar-refractivity contribution in [2.24, 2.45) is 0 Å². The van der Waals surface area contributed by atoms with Crippen LogP contribution in [0.5, 0.6) is 0 Å². The van der Waals surface area contributed by atoms with E-state index in [0.717, 1.165) is 12.1 Å². The van der Waals surface area contributed by atoms with Gasteiger partial charge in [0.15, 0.2) is 17.7 Å².